The lowest BCUT2D eigenvalue weighted by atomic mass is 10.0. The third-order valence-corrected chi connectivity index (χ3v) is 4.82. The standard InChI is InChI=1S/C14H28N2.2C2H6/c1-12-7-8-14(15(12)3)11-13(2)16-9-5-4-6-10-16;2*1-2/h12-14H,4-11H2,1-3H3;2*1-2H3. The summed E-state index contributed by atoms with van der Waals surface area (Å²) < 4.78 is 0. The van der Waals surface area contributed by atoms with E-state index in [-0.39, 0.29) is 0 Å². The molecule has 0 aromatic carbocycles. The number of rotatable bonds is 3. The van der Waals surface area contributed by atoms with Crippen molar-refractivity contribution in [3.63, 3.8) is 0 Å². The summed E-state index contributed by atoms with van der Waals surface area (Å²) in [5, 5.41) is 0. The average molecular weight is 285 g/mol. The Labute approximate surface area is 128 Å². The van der Waals surface area contributed by atoms with Crippen LogP contribution in [0.4, 0.5) is 0 Å². The van der Waals surface area contributed by atoms with Crippen LogP contribution >= 0.6 is 0 Å². The van der Waals surface area contributed by atoms with Crippen molar-refractivity contribution in [3.8, 4) is 0 Å². The van der Waals surface area contributed by atoms with Gasteiger partial charge in [-0.2, -0.15) is 0 Å². The van der Waals surface area contributed by atoms with E-state index in [2.05, 4.69) is 30.7 Å². The summed E-state index contributed by atoms with van der Waals surface area (Å²) in [5.41, 5.74) is 0. The van der Waals surface area contributed by atoms with Gasteiger partial charge in [0.1, 0.15) is 0 Å². The molecule has 2 heteroatoms. The first kappa shape index (κ1) is 19.9. The van der Waals surface area contributed by atoms with Gasteiger partial charge in [0.25, 0.3) is 0 Å². The van der Waals surface area contributed by atoms with Gasteiger partial charge in [0.2, 0.25) is 0 Å². The summed E-state index contributed by atoms with van der Waals surface area (Å²) >= 11 is 0. The Balaban J connectivity index is 0.000000829. The molecular weight excluding hydrogens is 244 g/mol. The second-order valence-electron chi connectivity index (χ2n) is 5.93. The molecular formula is C18H40N2. The van der Waals surface area contributed by atoms with Gasteiger partial charge in [0, 0.05) is 18.1 Å². The lowest BCUT2D eigenvalue weighted by Gasteiger charge is -2.35. The van der Waals surface area contributed by atoms with Crippen LogP contribution in [0.5, 0.6) is 0 Å². The van der Waals surface area contributed by atoms with Gasteiger partial charge in [0.05, 0.1) is 0 Å². The Hall–Kier alpha value is -0.0800. The third kappa shape index (κ3) is 6.13. The van der Waals surface area contributed by atoms with Crippen LogP contribution in [0, 0.1) is 0 Å². The fourth-order valence-corrected chi connectivity index (χ4v) is 3.39. The maximum atomic E-state index is 2.71. The van der Waals surface area contributed by atoms with Crippen LogP contribution in [0.25, 0.3) is 0 Å². The molecule has 20 heavy (non-hydrogen) atoms. The summed E-state index contributed by atoms with van der Waals surface area (Å²) in [5.74, 6) is 0. The van der Waals surface area contributed by atoms with Crippen molar-refractivity contribution < 1.29 is 0 Å². The molecule has 2 fully saturated rings. The zero-order chi connectivity index (χ0) is 15.5. The van der Waals surface area contributed by atoms with Gasteiger partial charge < -0.3 is 9.80 Å². The molecule has 2 heterocycles. The van der Waals surface area contributed by atoms with Crippen LogP contribution < -0.4 is 0 Å². The first-order chi connectivity index (χ1) is 9.68. The summed E-state index contributed by atoms with van der Waals surface area (Å²) in [4.78, 5) is 5.31. The molecule has 2 rings (SSSR count). The van der Waals surface area contributed by atoms with Gasteiger partial charge in [-0.3, -0.25) is 0 Å². The lowest BCUT2D eigenvalue weighted by molar-refractivity contribution is 0.134. The average Bonchev–Trinajstić information content (AvgIpc) is 2.84. The summed E-state index contributed by atoms with van der Waals surface area (Å²) in [6, 6.07) is 2.43. The van der Waals surface area contributed by atoms with Crippen molar-refractivity contribution in [3.05, 3.63) is 0 Å². The molecule has 2 nitrogen and oxygen atoms in total. The maximum absolute atomic E-state index is 2.71. The highest BCUT2D eigenvalue weighted by Crippen LogP contribution is 2.26. The zero-order valence-corrected chi connectivity index (χ0v) is 15.3. The van der Waals surface area contributed by atoms with Gasteiger partial charge in [-0.05, 0) is 66.1 Å². The molecule has 0 radical (unpaired) electrons. The van der Waals surface area contributed by atoms with Gasteiger partial charge >= 0.3 is 0 Å². The molecule has 0 spiro atoms. The molecule has 0 aliphatic carbocycles. The Morgan fingerprint density at radius 3 is 1.95 bits per heavy atom. The van der Waals surface area contributed by atoms with E-state index in [1.165, 1.54) is 51.6 Å². The molecule has 0 amide bonds. The summed E-state index contributed by atoms with van der Waals surface area (Å²) in [6.07, 6.45) is 8.47. The monoisotopic (exact) mass is 284 g/mol. The zero-order valence-electron chi connectivity index (χ0n) is 15.3. The molecule has 0 bridgehead atoms. The third-order valence-electron chi connectivity index (χ3n) is 4.82. The van der Waals surface area contributed by atoms with E-state index in [4.69, 9.17) is 0 Å². The fourth-order valence-electron chi connectivity index (χ4n) is 3.39. The smallest absolute Gasteiger partial charge is 0.0110 e. The van der Waals surface area contributed by atoms with Crippen molar-refractivity contribution >= 4 is 0 Å². The molecule has 0 saturated carbocycles. The van der Waals surface area contributed by atoms with Crippen molar-refractivity contribution in [1.29, 1.82) is 0 Å². The molecule has 0 aromatic rings. The maximum Gasteiger partial charge on any atom is 0.0110 e. The van der Waals surface area contributed by atoms with Crippen LogP contribution in [0.3, 0.4) is 0 Å². The Bertz CT molecular complexity index is 211. The summed E-state index contributed by atoms with van der Waals surface area (Å²) in [7, 11) is 2.31. The molecule has 3 unspecified atom stereocenters. The predicted octanol–water partition coefficient (Wildman–Crippen LogP) is 4.79. The normalized spacial score (nSPS) is 28.9. The highest BCUT2D eigenvalue weighted by atomic mass is 15.2. The number of hydrogen-bond donors (Lipinski definition) is 0. The lowest BCUT2D eigenvalue weighted by Crippen LogP contribution is -2.41. The van der Waals surface area contributed by atoms with E-state index in [1.54, 1.807) is 0 Å². The minimum atomic E-state index is 0.790. The van der Waals surface area contributed by atoms with Gasteiger partial charge in [-0.15, -0.1) is 0 Å². The Morgan fingerprint density at radius 1 is 0.950 bits per heavy atom. The topological polar surface area (TPSA) is 6.48 Å². The van der Waals surface area contributed by atoms with Gasteiger partial charge in [-0.1, -0.05) is 34.1 Å². The van der Waals surface area contributed by atoms with Crippen LogP contribution in [0.1, 0.15) is 80.1 Å². The largest absolute Gasteiger partial charge is 0.301 e. The van der Waals surface area contributed by atoms with Crippen LogP contribution in [-0.2, 0) is 0 Å². The van der Waals surface area contributed by atoms with Crippen molar-refractivity contribution in [2.45, 2.75) is 98.2 Å². The quantitative estimate of drug-likeness (QED) is 0.735. The molecule has 0 aromatic heterocycles. The highest BCUT2D eigenvalue weighted by Gasteiger charge is 2.29. The van der Waals surface area contributed by atoms with Crippen molar-refractivity contribution in [2.75, 3.05) is 20.1 Å². The highest BCUT2D eigenvalue weighted by molar-refractivity contribution is 4.86. The number of nitrogens with zero attached hydrogens (tertiary/aromatic N) is 2. The van der Waals surface area contributed by atoms with E-state index in [0.29, 0.717) is 0 Å². The first-order valence-corrected chi connectivity index (χ1v) is 9.14. The molecule has 2 saturated heterocycles. The molecule has 2 aliphatic rings. The van der Waals surface area contributed by atoms with Crippen molar-refractivity contribution in [1.82, 2.24) is 9.80 Å². The van der Waals surface area contributed by atoms with E-state index in [9.17, 15) is 0 Å². The SMILES string of the molecule is CC.CC.CC(CC1CCC(C)N1C)N1CCCCC1. The number of likely N-dealkylation sites (tertiary alicyclic amines) is 2. The molecule has 0 N–H and O–H groups in total. The number of hydrogen-bond acceptors (Lipinski definition) is 2. The predicted molar refractivity (Wildman–Crippen MR) is 92.4 cm³/mol. The molecule has 122 valence electrons. The van der Waals surface area contributed by atoms with Gasteiger partial charge in [0.15, 0.2) is 0 Å². The van der Waals surface area contributed by atoms with Crippen LogP contribution in [0.2, 0.25) is 0 Å². The number of piperidine rings is 1. The minimum absolute atomic E-state index is 0.790. The fraction of sp³-hybridized carbons (Fsp3) is 1.00. The second kappa shape index (κ2) is 11.6. The Kier molecular flexibility index (Phi) is 11.5. The van der Waals surface area contributed by atoms with E-state index in [0.717, 1.165) is 18.1 Å². The van der Waals surface area contributed by atoms with E-state index >= 15 is 0 Å². The Morgan fingerprint density at radius 2 is 1.50 bits per heavy atom. The molecule has 2 aliphatic heterocycles. The van der Waals surface area contributed by atoms with Crippen LogP contribution in [-0.4, -0.2) is 48.1 Å². The molecule has 3 atom stereocenters. The van der Waals surface area contributed by atoms with Crippen LogP contribution in [0.15, 0.2) is 0 Å². The van der Waals surface area contributed by atoms with E-state index < -0.39 is 0 Å². The van der Waals surface area contributed by atoms with Crippen molar-refractivity contribution in [2.24, 2.45) is 0 Å². The van der Waals surface area contributed by atoms with Gasteiger partial charge in [-0.25, -0.2) is 0 Å². The first-order valence-electron chi connectivity index (χ1n) is 9.14. The minimum Gasteiger partial charge on any atom is -0.301 e. The van der Waals surface area contributed by atoms with E-state index in [1.807, 2.05) is 27.7 Å². The second-order valence-corrected chi connectivity index (χ2v) is 5.93. The summed E-state index contributed by atoms with van der Waals surface area (Å²) in [6.45, 7) is 15.5.